The summed E-state index contributed by atoms with van der Waals surface area (Å²) in [5, 5.41) is 16.8. The van der Waals surface area contributed by atoms with Crippen LogP contribution in [0, 0.1) is 0 Å². The van der Waals surface area contributed by atoms with Crippen LogP contribution in [0.1, 0.15) is 30.0 Å². The van der Waals surface area contributed by atoms with Crippen molar-refractivity contribution in [1.29, 1.82) is 0 Å². The summed E-state index contributed by atoms with van der Waals surface area (Å²) in [6, 6.07) is 7.43. The van der Waals surface area contributed by atoms with Crippen molar-refractivity contribution in [3.05, 3.63) is 45.7 Å². The lowest BCUT2D eigenvalue weighted by Crippen LogP contribution is -2.03. The maximum Gasteiger partial charge on any atom is 0.358 e. The number of carboxylic acid groups (broad SMARTS) is 1. The third-order valence-electron chi connectivity index (χ3n) is 2.39. The number of hydrogen-bond donors (Lipinski definition) is 1. The Kier molecular flexibility index (Phi) is 3.80. The Balaban J connectivity index is 2.64. The maximum absolute atomic E-state index is 11.2. The van der Waals surface area contributed by atoms with Gasteiger partial charge in [0.15, 0.2) is 5.69 Å². The van der Waals surface area contributed by atoms with Gasteiger partial charge < -0.3 is 5.11 Å². The predicted octanol–water partition coefficient (Wildman–Crippen LogP) is 3.15. The largest absolute Gasteiger partial charge is 0.476 e. The van der Waals surface area contributed by atoms with E-state index in [2.05, 4.69) is 26.2 Å². The van der Waals surface area contributed by atoms with Crippen LogP contribution < -0.4 is 0 Å². The Bertz CT molecular complexity index is 658. The normalized spacial score (nSPS) is 10.3. The summed E-state index contributed by atoms with van der Waals surface area (Å²) >= 11 is 3.38. The molecule has 1 N–H and O–H groups in total. The van der Waals surface area contributed by atoms with Crippen molar-refractivity contribution in [1.82, 2.24) is 15.0 Å². The van der Waals surface area contributed by atoms with Crippen molar-refractivity contribution in [2.24, 2.45) is 0 Å². The highest BCUT2D eigenvalue weighted by Crippen LogP contribution is 2.19. The Hall–Kier alpha value is -1.95. The summed E-state index contributed by atoms with van der Waals surface area (Å²) in [5.41, 5.74) is 2.13. The minimum Gasteiger partial charge on any atom is -0.476 e. The zero-order valence-corrected chi connectivity index (χ0v) is 12.0. The second-order valence-electron chi connectivity index (χ2n) is 4.24. The molecule has 0 radical (unpaired) electrons. The van der Waals surface area contributed by atoms with Crippen LogP contribution in [0.5, 0.6) is 0 Å². The average Bonchev–Trinajstić information content (AvgIpc) is 2.71. The lowest BCUT2D eigenvalue weighted by atomic mass is 10.2. The molecule has 0 saturated heterocycles. The van der Waals surface area contributed by atoms with Gasteiger partial charge in [-0.2, -0.15) is 0 Å². The van der Waals surface area contributed by atoms with Crippen LogP contribution in [0.3, 0.4) is 0 Å². The van der Waals surface area contributed by atoms with Gasteiger partial charge in [0.2, 0.25) is 0 Å². The Labute approximate surface area is 118 Å². The Morgan fingerprint density at radius 2 is 2.16 bits per heavy atom. The molecule has 0 spiro atoms. The lowest BCUT2D eigenvalue weighted by molar-refractivity contribution is 0.0690. The lowest BCUT2D eigenvalue weighted by Gasteiger charge is -2.04. The fourth-order valence-electron chi connectivity index (χ4n) is 1.64. The van der Waals surface area contributed by atoms with Crippen molar-refractivity contribution in [2.45, 2.75) is 13.8 Å². The van der Waals surface area contributed by atoms with Gasteiger partial charge in [-0.25, -0.2) is 9.48 Å². The average molecular weight is 322 g/mol. The number of carboxylic acids is 1. The summed E-state index contributed by atoms with van der Waals surface area (Å²) in [6.45, 7) is 3.79. The van der Waals surface area contributed by atoms with Crippen molar-refractivity contribution in [2.75, 3.05) is 0 Å². The first-order chi connectivity index (χ1) is 8.99. The topological polar surface area (TPSA) is 68.0 Å². The molecule has 0 saturated carbocycles. The van der Waals surface area contributed by atoms with Gasteiger partial charge >= 0.3 is 5.97 Å². The van der Waals surface area contributed by atoms with Gasteiger partial charge in [0.1, 0.15) is 5.69 Å². The molecule has 19 heavy (non-hydrogen) atoms. The van der Waals surface area contributed by atoms with Crippen molar-refractivity contribution >= 4 is 28.0 Å². The summed E-state index contributed by atoms with van der Waals surface area (Å²) in [6.07, 6.45) is 1.75. The van der Waals surface area contributed by atoms with Gasteiger partial charge in [-0.3, -0.25) is 0 Å². The molecule has 0 amide bonds. The van der Waals surface area contributed by atoms with E-state index in [1.54, 1.807) is 6.08 Å². The Morgan fingerprint density at radius 1 is 1.42 bits per heavy atom. The third-order valence-corrected chi connectivity index (χ3v) is 2.88. The van der Waals surface area contributed by atoms with E-state index in [1.165, 1.54) is 4.68 Å². The van der Waals surface area contributed by atoms with E-state index in [4.69, 9.17) is 5.11 Å². The van der Waals surface area contributed by atoms with Gasteiger partial charge in [0, 0.05) is 4.47 Å². The number of aromatic nitrogens is 3. The molecule has 0 bridgehead atoms. The minimum absolute atomic E-state index is 0.0545. The minimum atomic E-state index is -1.09. The summed E-state index contributed by atoms with van der Waals surface area (Å²) in [5.74, 6) is -1.09. The zero-order valence-electron chi connectivity index (χ0n) is 10.5. The van der Waals surface area contributed by atoms with Gasteiger partial charge in [-0.05, 0) is 38.1 Å². The van der Waals surface area contributed by atoms with Crippen LogP contribution in [0.4, 0.5) is 0 Å². The molecule has 2 aromatic rings. The summed E-state index contributed by atoms with van der Waals surface area (Å²) in [4.78, 5) is 11.2. The monoisotopic (exact) mass is 321 g/mol. The Morgan fingerprint density at radius 3 is 2.74 bits per heavy atom. The molecule has 5 nitrogen and oxygen atoms in total. The first kappa shape index (κ1) is 13.5. The number of carbonyl (C=O) groups is 1. The standard InChI is InChI=1S/C13H12BrN3O2/c1-8(2)6-11-12(13(18)19)15-16-17(11)10-5-3-4-9(14)7-10/h3-7H,1-2H3,(H,18,19). The molecule has 0 aliphatic carbocycles. The van der Waals surface area contributed by atoms with Crippen LogP contribution in [0.25, 0.3) is 11.8 Å². The van der Waals surface area contributed by atoms with E-state index in [1.807, 2.05) is 38.1 Å². The highest BCUT2D eigenvalue weighted by Gasteiger charge is 2.18. The highest BCUT2D eigenvalue weighted by molar-refractivity contribution is 9.10. The SMILES string of the molecule is CC(C)=Cc1c(C(=O)O)nnn1-c1cccc(Br)c1. The number of hydrogen-bond acceptors (Lipinski definition) is 3. The fourth-order valence-corrected chi connectivity index (χ4v) is 2.03. The molecule has 2 rings (SSSR count). The number of aromatic carboxylic acids is 1. The first-order valence-electron chi connectivity index (χ1n) is 5.59. The van der Waals surface area contributed by atoms with Gasteiger partial charge in [-0.15, -0.1) is 5.10 Å². The van der Waals surface area contributed by atoms with Crippen LogP contribution in [0.2, 0.25) is 0 Å². The van der Waals surface area contributed by atoms with Crippen LogP contribution in [0.15, 0.2) is 34.3 Å². The van der Waals surface area contributed by atoms with Crippen molar-refractivity contribution < 1.29 is 9.90 Å². The third kappa shape index (κ3) is 2.90. The van der Waals surface area contributed by atoms with E-state index in [0.29, 0.717) is 5.69 Å². The van der Waals surface area contributed by atoms with Gasteiger partial charge in [0.25, 0.3) is 0 Å². The van der Waals surface area contributed by atoms with E-state index in [-0.39, 0.29) is 5.69 Å². The number of benzene rings is 1. The molecule has 1 heterocycles. The van der Waals surface area contributed by atoms with E-state index in [9.17, 15) is 4.79 Å². The zero-order chi connectivity index (χ0) is 14.0. The first-order valence-corrected chi connectivity index (χ1v) is 6.38. The molecule has 0 atom stereocenters. The summed E-state index contributed by atoms with van der Waals surface area (Å²) < 4.78 is 2.40. The molecule has 98 valence electrons. The molecule has 1 aromatic heterocycles. The van der Waals surface area contributed by atoms with Crippen LogP contribution in [-0.4, -0.2) is 26.1 Å². The summed E-state index contributed by atoms with van der Waals surface area (Å²) in [7, 11) is 0. The molecule has 6 heteroatoms. The number of halogens is 1. The molecular weight excluding hydrogens is 310 g/mol. The predicted molar refractivity (Wildman–Crippen MR) is 75.3 cm³/mol. The second-order valence-corrected chi connectivity index (χ2v) is 5.16. The van der Waals surface area contributed by atoms with E-state index >= 15 is 0 Å². The number of nitrogens with zero attached hydrogens (tertiary/aromatic N) is 3. The fraction of sp³-hybridized carbons (Fsp3) is 0.154. The van der Waals surface area contributed by atoms with Gasteiger partial charge in [-0.1, -0.05) is 32.8 Å². The van der Waals surface area contributed by atoms with E-state index in [0.717, 1.165) is 15.7 Å². The quantitative estimate of drug-likeness (QED) is 0.942. The van der Waals surface area contributed by atoms with E-state index < -0.39 is 5.97 Å². The molecular formula is C13H12BrN3O2. The maximum atomic E-state index is 11.2. The highest BCUT2D eigenvalue weighted by atomic mass is 79.9. The molecule has 0 aliphatic heterocycles. The number of rotatable bonds is 3. The number of allylic oxidation sites excluding steroid dienone is 1. The van der Waals surface area contributed by atoms with Crippen molar-refractivity contribution in [3.63, 3.8) is 0 Å². The van der Waals surface area contributed by atoms with Crippen LogP contribution >= 0.6 is 15.9 Å². The molecule has 1 aromatic carbocycles. The van der Waals surface area contributed by atoms with Gasteiger partial charge in [0.05, 0.1) is 5.69 Å². The molecule has 0 fully saturated rings. The second kappa shape index (κ2) is 5.36. The smallest absolute Gasteiger partial charge is 0.358 e. The molecule has 0 aliphatic rings. The molecule has 0 unspecified atom stereocenters. The van der Waals surface area contributed by atoms with Crippen LogP contribution in [-0.2, 0) is 0 Å². The van der Waals surface area contributed by atoms with Crippen molar-refractivity contribution in [3.8, 4) is 5.69 Å².